The number of nitrogens with zero attached hydrogens (tertiary/aromatic N) is 4. The average molecular weight is 464 g/mol. The highest BCUT2D eigenvalue weighted by Crippen LogP contribution is 2.26. The molecular formula is C25H26FN5O3. The molecule has 1 N–H and O–H groups in total. The van der Waals surface area contributed by atoms with E-state index in [-0.39, 0.29) is 30.7 Å². The summed E-state index contributed by atoms with van der Waals surface area (Å²) in [4.78, 5) is 28.5. The zero-order valence-corrected chi connectivity index (χ0v) is 19.2. The van der Waals surface area contributed by atoms with Gasteiger partial charge in [-0.05, 0) is 62.7 Å². The van der Waals surface area contributed by atoms with Crippen molar-refractivity contribution in [1.82, 2.24) is 25.2 Å². The summed E-state index contributed by atoms with van der Waals surface area (Å²) in [6, 6.07) is 15.4. The van der Waals surface area contributed by atoms with Crippen molar-refractivity contribution in [3.8, 4) is 0 Å². The fraction of sp³-hybridized carbons (Fsp3) is 0.280. The lowest BCUT2D eigenvalue weighted by Gasteiger charge is -2.32. The van der Waals surface area contributed by atoms with Gasteiger partial charge in [-0.3, -0.25) is 9.59 Å². The van der Waals surface area contributed by atoms with Gasteiger partial charge in [0.15, 0.2) is 6.04 Å². The molecule has 4 rings (SSSR count). The van der Waals surface area contributed by atoms with Crippen LogP contribution in [0.4, 0.5) is 4.39 Å². The maximum Gasteiger partial charge on any atom is 0.251 e. The predicted octanol–water partition coefficient (Wildman–Crippen LogP) is 3.85. The minimum absolute atomic E-state index is 0.0642. The summed E-state index contributed by atoms with van der Waals surface area (Å²) >= 11 is 0. The van der Waals surface area contributed by atoms with Crippen LogP contribution < -0.4 is 5.32 Å². The van der Waals surface area contributed by atoms with Gasteiger partial charge in [-0.15, -0.1) is 5.10 Å². The van der Waals surface area contributed by atoms with Crippen molar-refractivity contribution in [1.29, 1.82) is 0 Å². The molecule has 0 saturated carbocycles. The van der Waals surface area contributed by atoms with E-state index in [1.54, 1.807) is 24.3 Å². The highest BCUT2D eigenvalue weighted by molar-refractivity contribution is 5.89. The van der Waals surface area contributed by atoms with Crippen molar-refractivity contribution in [3.05, 3.63) is 84.1 Å². The zero-order chi connectivity index (χ0) is 24.3. The summed E-state index contributed by atoms with van der Waals surface area (Å²) in [7, 11) is 0. The van der Waals surface area contributed by atoms with E-state index in [1.807, 2.05) is 45.0 Å². The van der Waals surface area contributed by atoms with Gasteiger partial charge in [-0.25, -0.2) is 9.07 Å². The Hall–Kier alpha value is -4.01. The molecule has 2 aromatic carbocycles. The maximum atomic E-state index is 13.7. The van der Waals surface area contributed by atoms with Crippen molar-refractivity contribution in [2.24, 2.45) is 0 Å². The molecule has 0 fully saturated rings. The minimum atomic E-state index is -1.04. The minimum Gasteiger partial charge on any atom is -0.467 e. The molecule has 0 aliphatic rings. The Labute approximate surface area is 196 Å². The fourth-order valence-electron chi connectivity index (χ4n) is 3.67. The summed E-state index contributed by atoms with van der Waals surface area (Å²) in [5, 5.41) is 11.2. The van der Waals surface area contributed by atoms with Gasteiger partial charge in [0, 0.05) is 12.1 Å². The molecule has 2 heterocycles. The molecule has 0 aliphatic heterocycles. The molecule has 1 unspecified atom stereocenters. The van der Waals surface area contributed by atoms with Gasteiger partial charge in [0.25, 0.3) is 5.91 Å². The van der Waals surface area contributed by atoms with Gasteiger partial charge < -0.3 is 14.6 Å². The summed E-state index contributed by atoms with van der Waals surface area (Å²) < 4.78 is 20.6. The normalized spacial score (nSPS) is 12.5. The van der Waals surface area contributed by atoms with Gasteiger partial charge in [-0.2, -0.15) is 0 Å². The van der Waals surface area contributed by atoms with Crippen molar-refractivity contribution in [3.63, 3.8) is 0 Å². The van der Waals surface area contributed by atoms with Crippen molar-refractivity contribution in [2.45, 2.75) is 45.4 Å². The molecule has 2 amide bonds. The molecule has 34 heavy (non-hydrogen) atoms. The van der Waals surface area contributed by atoms with Crippen LogP contribution in [0.25, 0.3) is 11.0 Å². The number of hydrogen-bond donors (Lipinski definition) is 1. The molecule has 0 radical (unpaired) electrons. The summed E-state index contributed by atoms with van der Waals surface area (Å²) in [6.07, 6.45) is 1.46. The van der Waals surface area contributed by atoms with Crippen molar-refractivity contribution in [2.75, 3.05) is 0 Å². The third-order valence-electron chi connectivity index (χ3n) is 5.16. The van der Waals surface area contributed by atoms with Crippen LogP contribution >= 0.6 is 0 Å². The number of para-hydroxylation sites is 1. The van der Waals surface area contributed by atoms with Crippen LogP contribution in [-0.2, 0) is 22.7 Å². The van der Waals surface area contributed by atoms with Gasteiger partial charge in [-0.1, -0.05) is 29.5 Å². The monoisotopic (exact) mass is 463 g/mol. The van der Waals surface area contributed by atoms with Gasteiger partial charge in [0.05, 0.1) is 11.8 Å². The Morgan fingerprint density at radius 2 is 1.82 bits per heavy atom. The molecule has 4 aromatic rings. The molecule has 2 aromatic heterocycles. The van der Waals surface area contributed by atoms with Crippen LogP contribution in [-0.4, -0.2) is 37.2 Å². The van der Waals surface area contributed by atoms with E-state index < -0.39 is 11.6 Å². The number of carbonyl (C=O) groups excluding carboxylic acids is 2. The van der Waals surface area contributed by atoms with E-state index in [1.165, 1.54) is 28.0 Å². The molecule has 0 bridgehead atoms. The number of amides is 2. The van der Waals surface area contributed by atoms with E-state index in [4.69, 9.17) is 4.42 Å². The fourth-order valence-corrected chi connectivity index (χ4v) is 3.67. The second-order valence-electron chi connectivity index (χ2n) is 9.04. The number of benzene rings is 2. The van der Waals surface area contributed by atoms with Crippen molar-refractivity contribution >= 4 is 22.8 Å². The van der Waals surface area contributed by atoms with E-state index in [0.29, 0.717) is 22.4 Å². The Kier molecular flexibility index (Phi) is 6.45. The smallest absolute Gasteiger partial charge is 0.251 e. The summed E-state index contributed by atoms with van der Waals surface area (Å²) in [5.74, 6) is -0.823. The highest BCUT2D eigenvalue weighted by atomic mass is 19.1. The number of hydrogen-bond acceptors (Lipinski definition) is 5. The number of nitrogens with one attached hydrogen (secondary N) is 1. The molecule has 0 aliphatic carbocycles. The largest absolute Gasteiger partial charge is 0.467 e. The molecule has 1 atom stereocenters. The number of carbonyl (C=O) groups is 2. The molecular weight excluding hydrogens is 437 g/mol. The number of aromatic nitrogens is 3. The molecule has 9 heteroatoms. The first-order valence-electron chi connectivity index (χ1n) is 10.9. The number of rotatable bonds is 7. The third kappa shape index (κ3) is 5.31. The Balaban J connectivity index is 1.72. The molecule has 0 spiro atoms. The quantitative estimate of drug-likeness (QED) is 0.449. The predicted molar refractivity (Wildman–Crippen MR) is 124 cm³/mol. The van der Waals surface area contributed by atoms with E-state index in [9.17, 15) is 14.0 Å². The first kappa shape index (κ1) is 23.2. The van der Waals surface area contributed by atoms with Crippen LogP contribution in [0.3, 0.4) is 0 Å². The SMILES string of the molecule is CC(C)(C)NC(=O)C(c1ccco1)N(Cc1ccc(F)cc1)C(=O)Cn1nnc2ccccc21. The molecule has 176 valence electrons. The van der Waals surface area contributed by atoms with Gasteiger partial charge in [0.2, 0.25) is 5.91 Å². The lowest BCUT2D eigenvalue weighted by molar-refractivity contribution is -0.143. The van der Waals surface area contributed by atoms with Crippen LogP contribution in [0.5, 0.6) is 0 Å². The second-order valence-corrected chi connectivity index (χ2v) is 9.04. The number of furan rings is 1. The zero-order valence-electron chi connectivity index (χ0n) is 19.2. The van der Waals surface area contributed by atoms with Crippen LogP contribution in [0.15, 0.2) is 71.3 Å². The van der Waals surface area contributed by atoms with Gasteiger partial charge in [0.1, 0.15) is 23.6 Å². The van der Waals surface area contributed by atoms with E-state index in [2.05, 4.69) is 15.6 Å². The number of halogens is 1. The maximum absolute atomic E-state index is 13.7. The summed E-state index contributed by atoms with van der Waals surface area (Å²) in [5.41, 5.74) is 1.49. The number of fused-ring (bicyclic) bond motifs is 1. The Bertz CT molecular complexity index is 1280. The van der Waals surface area contributed by atoms with Crippen molar-refractivity contribution < 1.29 is 18.4 Å². The lowest BCUT2D eigenvalue weighted by Crippen LogP contribution is -2.49. The van der Waals surface area contributed by atoms with Crippen LogP contribution in [0.2, 0.25) is 0 Å². The van der Waals surface area contributed by atoms with E-state index >= 15 is 0 Å². The average Bonchev–Trinajstić information content (AvgIpc) is 3.44. The Morgan fingerprint density at radius 3 is 2.50 bits per heavy atom. The van der Waals surface area contributed by atoms with Crippen LogP contribution in [0, 0.1) is 5.82 Å². The molecule has 8 nitrogen and oxygen atoms in total. The first-order chi connectivity index (χ1) is 16.2. The summed E-state index contributed by atoms with van der Waals surface area (Å²) in [6.45, 7) is 5.50. The second kappa shape index (κ2) is 9.46. The molecule has 0 saturated heterocycles. The highest BCUT2D eigenvalue weighted by Gasteiger charge is 2.35. The van der Waals surface area contributed by atoms with E-state index in [0.717, 1.165) is 0 Å². The standard InChI is InChI=1S/C25H26FN5O3/c1-25(2,3)27-24(33)23(21-9-6-14-34-21)30(15-17-10-12-18(26)13-11-17)22(32)16-31-20-8-5-4-7-19(20)28-29-31/h4-14,23H,15-16H2,1-3H3,(H,27,33). The first-order valence-corrected chi connectivity index (χ1v) is 10.9. The van der Waals surface area contributed by atoms with Gasteiger partial charge >= 0.3 is 0 Å². The third-order valence-corrected chi connectivity index (χ3v) is 5.16. The Morgan fingerprint density at radius 1 is 1.09 bits per heavy atom. The lowest BCUT2D eigenvalue weighted by atomic mass is 10.1. The topological polar surface area (TPSA) is 93.3 Å². The van der Waals surface area contributed by atoms with Crippen LogP contribution in [0.1, 0.15) is 38.1 Å².